The van der Waals surface area contributed by atoms with E-state index in [1.807, 2.05) is 19.9 Å². The number of hydrogen-bond acceptors (Lipinski definition) is 11. The van der Waals surface area contributed by atoms with Gasteiger partial charge in [0.15, 0.2) is 0 Å². The number of methoxy groups -OCH3 is 2. The van der Waals surface area contributed by atoms with Gasteiger partial charge in [-0.15, -0.1) is 0 Å². The summed E-state index contributed by atoms with van der Waals surface area (Å²) in [6.07, 6.45) is 1.80. The van der Waals surface area contributed by atoms with Gasteiger partial charge in [-0.25, -0.2) is 4.79 Å². The van der Waals surface area contributed by atoms with Crippen molar-refractivity contribution in [3.05, 3.63) is 76.3 Å². The summed E-state index contributed by atoms with van der Waals surface area (Å²) in [6.45, 7) is 6.98. The summed E-state index contributed by atoms with van der Waals surface area (Å²) in [5.74, 6) is -2.45. The van der Waals surface area contributed by atoms with Crippen molar-refractivity contribution in [2.24, 2.45) is 5.92 Å². The molecular weight excluding hydrogens is 718 g/mol. The molecule has 54 heavy (non-hydrogen) atoms. The quantitative estimate of drug-likeness (QED) is 0.238. The van der Waals surface area contributed by atoms with E-state index in [0.717, 1.165) is 11.1 Å². The number of epoxide rings is 1. The van der Waals surface area contributed by atoms with Gasteiger partial charge >= 0.3 is 11.9 Å². The van der Waals surface area contributed by atoms with Gasteiger partial charge in [-0.3, -0.25) is 14.4 Å². The van der Waals surface area contributed by atoms with Crippen LogP contribution in [0.3, 0.4) is 0 Å². The number of amides is 2. The number of fused-ring (bicyclic) bond motifs is 5. The van der Waals surface area contributed by atoms with Crippen LogP contribution in [-0.2, 0) is 39.8 Å². The summed E-state index contributed by atoms with van der Waals surface area (Å²) in [6, 6.07) is 9.03. The molecule has 0 unspecified atom stereocenters. The molecule has 2 aromatic rings. The molecule has 2 aromatic carbocycles. The van der Waals surface area contributed by atoms with E-state index in [0.29, 0.717) is 17.9 Å². The molecule has 0 saturated carbocycles. The van der Waals surface area contributed by atoms with Crippen LogP contribution in [0.2, 0.25) is 5.02 Å². The summed E-state index contributed by atoms with van der Waals surface area (Å²) in [7, 11) is 5.99. The molecule has 3 aliphatic heterocycles. The maximum Gasteiger partial charge on any atom is 0.328 e. The lowest BCUT2D eigenvalue weighted by atomic mass is 9.78. The third-order valence-electron chi connectivity index (χ3n) is 10.9. The number of carbonyl (C=O) groups excluding carboxylic acids is 4. The number of anilines is 2. The topological polar surface area (TPSA) is 170 Å². The number of aliphatic hydroxyl groups is 1. The van der Waals surface area contributed by atoms with Gasteiger partial charge in [0.25, 0.3) is 5.91 Å². The summed E-state index contributed by atoms with van der Waals surface area (Å²) in [5.41, 5.74) is 5.83. The molecule has 3 heterocycles. The third kappa shape index (κ3) is 8.29. The predicted octanol–water partition coefficient (Wildman–Crippen LogP) is 4.66. The Kier molecular flexibility index (Phi) is 12.2. The van der Waals surface area contributed by atoms with Crippen molar-refractivity contribution >= 4 is 46.7 Å². The maximum absolute atomic E-state index is 14.2. The molecule has 14 heteroatoms. The number of nitrogen functional groups attached to an aromatic ring is 1. The lowest BCUT2D eigenvalue weighted by Crippen LogP contribution is -2.53. The van der Waals surface area contributed by atoms with Gasteiger partial charge in [0.1, 0.15) is 46.3 Å². The minimum absolute atomic E-state index is 0.0458. The lowest BCUT2D eigenvalue weighted by molar-refractivity contribution is -0.187. The fourth-order valence-corrected chi connectivity index (χ4v) is 7.63. The summed E-state index contributed by atoms with van der Waals surface area (Å²) in [4.78, 5) is 57.0. The molecular formula is C40H50ClN3O10. The number of nitrogens with zero attached hydrogens (tertiary/aromatic N) is 2. The largest absolute Gasteiger partial charge is 0.495 e. The Morgan fingerprint density at radius 1 is 1.19 bits per heavy atom. The molecule has 0 aliphatic carbocycles. The highest BCUT2D eigenvalue weighted by molar-refractivity contribution is 6.35. The van der Waals surface area contributed by atoms with Crippen molar-refractivity contribution in [2.45, 2.75) is 95.0 Å². The molecule has 3 N–H and O–H groups in total. The van der Waals surface area contributed by atoms with Gasteiger partial charge < -0.3 is 44.3 Å². The lowest BCUT2D eigenvalue weighted by Gasteiger charge is -2.41. The minimum atomic E-state index is -1.59. The summed E-state index contributed by atoms with van der Waals surface area (Å²) in [5, 5.41) is 12.1. The van der Waals surface area contributed by atoms with E-state index in [1.54, 1.807) is 62.5 Å². The molecule has 0 aromatic heterocycles. The van der Waals surface area contributed by atoms with Crippen LogP contribution in [0, 0.1) is 5.92 Å². The number of halogens is 1. The molecule has 2 amide bonds. The second kappa shape index (κ2) is 16.1. The van der Waals surface area contributed by atoms with Crippen molar-refractivity contribution in [1.82, 2.24) is 4.90 Å². The van der Waals surface area contributed by atoms with Gasteiger partial charge in [0.05, 0.1) is 37.3 Å². The van der Waals surface area contributed by atoms with E-state index in [2.05, 4.69) is 0 Å². The van der Waals surface area contributed by atoms with E-state index < -0.39 is 71.3 Å². The van der Waals surface area contributed by atoms with Crippen molar-refractivity contribution in [1.29, 1.82) is 0 Å². The Bertz CT molecular complexity index is 1850. The van der Waals surface area contributed by atoms with E-state index in [9.17, 15) is 24.3 Å². The third-order valence-corrected chi connectivity index (χ3v) is 11.3. The van der Waals surface area contributed by atoms with Gasteiger partial charge in [-0.05, 0) is 57.0 Å². The number of likely N-dealkylation sites (N-methyl/N-ethyl adjacent to an activating group) is 1. The first-order valence-electron chi connectivity index (χ1n) is 17.9. The van der Waals surface area contributed by atoms with Crippen molar-refractivity contribution in [3.8, 4) is 5.75 Å². The average molecular weight is 768 g/mol. The van der Waals surface area contributed by atoms with Crippen molar-refractivity contribution < 1.29 is 48.0 Å². The average Bonchev–Trinajstić information content (AvgIpc) is 3.83. The zero-order valence-electron chi connectivity index (χ0n) is 32.0. The monoisotopic (exact) mass is 767 g/mol. The number of rotatable bonds is 6. The second-order valence-electron chi connectivity index (χ2n) is 14.7. The number of allylic oxidation sites excluding steroid dienone is 3. The van der Waals surface area contributed by atoms with Crippen LogP contribution < -0.4 is 15.4 Å². The smallest absolute Gasteiger partial charge is 0.328 e. The zero-order valence-corrected chi connectivity index (χ0v) is 32.7. The Labute approximate surface area is 320 Å². The highest BCUT2D eigenvalue weighted by Gasteiger charge is 2.64. The first-order valence-corrected chi connectivity index (χ1v) is 18.2. The van der Waals surface area contributed by atoms with Crippen molar-refractivity contribution in [2.75, 3.05) is 38.9 Å². The van der Waals surface area contributed by atoms with Crippen LogP contribution in [0.5, 0.6) is 5.75 Å². The van der Waals surface area contributed by atoms with Crippen molar-refractivity contribution in [3.63, 3.8) is 0 Å². The van der Waals surface area contributed by atoms with Crippen LogP contribution in [0.15, 0.2) is 60.2 Å². The Morgan fingerprint density at radius 2 is 1.89 bits per heavy atom. The van der Waals surface area contributed by atoms with Gasteiger partial charge in [-0.2, -0.15) is 0 Å². The zero-order chi connectivity index (χ0) is 39.7. The Balaban J connectivity index is 1.53. The first-order chi connectivity index (χ1) is 25.4. The molecule has 5 rings (SSSR count). The predicted molar refractivity (Wildman–Crippen MR) is 202 cm³/mol. The van der Waals surface area contributed by atoms with Gasteiger partial charge in [-0.1, -0.05) is 54.5 Å². The van der Waals surface area contributed by atoms with E-state index >= 15 is 0 Å². The normalized spacial score (nSPS) is 30.9. The van der Waals surface area contributed by atoms with E-state index in [-0.39, 0.29) is 35.5 Å². The second-order valence-corrected chi connectivity index (χ2v) is 15.1. The molecule has 13 nitrogen and oxygen atoms in total. The fourth-order valence-electron chi connectivity index (χ4n) is 7.31. The van der Waals surface area contributed by atoms with Crippen LogP contribution >= 0.6 is 11.6 Å². The number of nitrogens with two attached hydrogens (primary N) is 1. The van der Waals surface area contributed by atoms with Crippen LogP contribution in [-0.4, -0.2) is 104 Å². The molecule has 0 spiro atoms. The maximum atomic E-state index is 14.2. The Hall–Kier alpha value is -4.43. The van der Waals surface area contributed by atoms with Crippen LogP contribution in [0.1, 0.15) is 62.9 Å². The SMILES string of the molecule is COc1cc2cc(c1Cl)N(C)C(=O)C[C@H](OC(=O)[C@H](C)N(C)C(=O)c1ccccc1N)[C@]1(C)O[C@H]1[C@H](C)[C@@H]1C[C@@](O)(CC(=O)O1)[C@H](OC)/C=C/C=C(\C)C2. The Morgan fingerprint density at radius 3 is 2.56 bits per heavy atom. The van der Waals surface area contributed by atoms with Crippen LogP contribution in [0.4, 0.5) is 11.4 Å². The number of para-hydroxylation sites is 1. The highest BCUT2D eigenvalue weighted by atomic mass is 35.5. The number of ether oxygens (including phenoxy) is 5. The number of benzene rings is 2. The first kappa shape index (κ1) is 40.7. The number of hydrogen-bond donors (Lipinski definition) is 2. The van der Waals surface area contributed by atoms with E-state index in [1.165, 1.54) is 38.0 Å². The molecule has 3 aliphatic rings. The van der Waals surface area contributed by atoms with E-state index in [4.69, 9.17) is 41.0 Å². The molecule has 292 valence electrons. The fraction of sp³-hybridized carbons (Fsp3) is 0.500. The molecule has 0 radical (unpaired) electrons. The summed E-state index contributed by atoms with van der Waals surface area (Å²) < 4.78 is 29.4. The number of carbonyl (C=O) groups is 4. The molecule has 2 fully saturated rings. The number of esters is 2. The van der Waals surface area contributed by atoms with Gasteiger partial charge in [0.2, 0.25) is 5.91 Å². The molecule has 8 atom stereocenters. The summed E-state index contributed by atoms with van der Waals surface area (Å²) >= 11 is 6.77. The van der Waals surface area contributed by atoms with Gasteiger partial charge in [0, 0.05) is 39.2 Å². The van der Waals surface area contributed by atoms with Crippen LogP contribution in [0.25, 0.3) is 0 Å². The minimum Gasteiger partial charge on any atom is -0.495 e. The molecule has 2 saturated heterocycles. The highest BCUT2D eigenvalue weighted by Crippen LogP contribution is 2.50. The standard InChI is InChI=1S/C40H50ClN3O10/c1-22-12-11-15-31(51-8)40(49)20-30(52-34(46)21-40)23(2)36-39(4,54-36)32(19-33(45)44(6)28-17-25(16-22)18-29(50-7)35(28)41)53-38(48)24(3)43(5)37(47)26-13-9-10-14-27(26)42/h9-15,17-18,23-24,30-32,36,49H,16,19-21,42H2,1-8H3/b15-11+,22-12+/t23-,24+,30+,31-,32+,36+,39+,40-/m1/s1. The molecule has 4 bridgehead atoms.